The molecule has 0 spiro atoms. The van der Waals surface area contributed by atoms with E-state index in [4.69, 9.17) is 5.73 Å². The van der Waals surface area contributed by atoms with Gasteiger partial charge in [0.25, 0.3) is 5.91 Å². The Labute approximate surface area is 115 Å². The van der Waals surface area contributed by atoms with Gasteiger partial charge in [0.15, 0.2) is 0 Å². The summed E-state index contributed by atoms with van der Waals surface area (Å²) in [6, 6.07) is 5.36. The first-order chi connectivity index (χ1) is 9.20. The largest absolute Gasteiger partial charge is 0.321 e. The van der Waals surface area contributed by atoms with E-state index in [-0.39, 0.29) is 5.91 Å². The summed E-state index contributed by atoms with van der Waals surface area (Å²) >= 11 is 1.35. The zero-order valence-electron chi connectivity index (χ0n) is 10.4. The number of hydrogen-bond donors (Lipinski definition) is 2. The van der Waals surface area contributed by atoms with Crippen molar-refractivity contribution in [3.8, 4) is 11.8 Å². The van der Waals surface area contributed by atoms with Crippen LogP contribution in [0.1, 0.15) is 20.1 Å². The molecule has 1 amide bonds. The first kappa shape index (κ1) is 13.3. The van der Waals surface area contributed by atoms with E-state index in [2.05, 4.69) is 22.1 Å². The first-order valence-corrected chi connectivity index (χ1v) is 6.53. The molecule has 0 aromatic carbocycles. The molecule has 0 saturated carbocycles. The van der Waals surface area contributed by atoms with Gasteiger partial charge in [-0.05, 0) is 30.7 Å². The highest BCUT2D eigenvalue weighted by molar-refractivity contribution is 7.14. The lowest BCUT2D eigenvalue weighted by Crippen LogP contribution is -2.11. The molecule has 0 aliphatic rings. The van der Waals surface area contributed by atoms with E-state index in [0.29, 0.717) is 11.4 Å². The lowest BCUT2D eigenvalue weighted by molar-refractivity contribution is 0.103. The molecule has 0 saturated heterocycles. The van der Waals surface area contributed by atoms with Gasteiger partial charge in [0, 0.05) is 18.1 Å². The van der Waals surface area contributed by atoms with Gasteiger partial charge in [-0.25, -0.2) is 0 Å². The number of nitrogens with two attached hydrogens (primary N) is 1. The summed E-state index contributed by atoms with van der Waals surface area (Å²) in [6.45, 7) is 2.21. The van der Waals surface area contributed by atoms with Gasteiger partial charge in [-0.2, -0.15) is 0 Å². The molecule has 2 aromatic rings. The molecule has 96 valence electrons. The molecule has 2 aromatic heterocycles. The third kappa shape index (κ3) is 3.41. The van der Waals surface area contributed by atoms with Crippen LogP contribution in [0.15, 0.2) is 30.6 Å². The Bertz CT molecular complexity index is 652. The van der Waals surface area contributed by atoms with Gasteiger partial charge in [-0.3, -0.25) is 9.78 Å². The number of hydrogen-bond acceptors (Lipinski definition) is 4. The zero-order chi connectivity index (χ0) is 13.7. The molecule has 19 heavy (non-hydrogen) atoms. The van der Waals surface area contributed by atoms with Crippen molar-refractivity contribution >= 4 is 22.9 Å². The molecular formula is C14H13N3OS. The van der Waals surface area contributed by atoms with Crippen molar-refractivity contribution in [1.82, 2.24) is 4.98 Å². The summed E-state index contributed by atoms with van der Waals surface area (Å²) in [5, 5.41) is 2.85. The molecule has 0 bridgehead atoms. The van der Waals surface area contributed by atoms with Gasteiger partial charge in [0.1, 0.15) is 0 Å². The number of aryl methyl sites for hydroxylation is 1. The van der Waals surface area contributed by atoms with Crippen LogP contribution in [0.3, 0.4) is 0 Å². The first-order valence-electron chi connectivity index (χ1n) is 5.71. The highest BCUT2D eigenvalue weighted by Gasteiger charge is 2.09. The lowest BCUT2D eigenvalue weighted by atomic mass is 10.2. The van der Waals surface area contributed by atoms with E-state index in [0.717, 1.165) is 16.1 Å². The summed E-state index contributed by atoms with van der Waals surface area (Å²) in [6.07, 6.45) is 3.36. The number of nitrogens with one attached hydrogen (secondary N) is 1. The lowest BCUT2D eigenvalue weighted by Gasteiger charge is -2.05. The highest BCUT2D eigenvalue weighted by atomic mass is 32.1. The Morgan fingerprint density at radius 2 is 2.32 bits per heavy atom. The fourth-order valence-electron chi connectivity index (χ4n) is 1.46. The molecule has 0 radical (unpaired) electrons. The third-order valence-corrected chi connectivity index (χ3v) is 3.41. The van der Waals surface area contributed by atoms with Crippen LogP contribution in [0.5, 0.6) is 0 Å². The molecule has 0 unspecified atom stereocenters. The number of nitrogens with zero attached hydrogens (tertiary/aromatic N) is 1. The molecule has 0 atom stereocenters. The normalized spacial score (nSPS) is 9.58. The summed E-state index contributed by atoms with van der Waals surface area (Å²) in [7, 11) is 0. The topological polar surface area (TPSA) is 68.0 Å². The van der Waals surface area contributed by atoms with Gasteiger partial charge in [-0.15, -0.1) is 11.3 Å². The summed E-state index contributed by atoms with van der Waals surface area (Å²) < 4.78 is 0. The van der Waals surface area contributed by atoms with Gasteiger partial charge >= 0.3 is 0 Å². The molecule has 3 N–H and O–H groups in total. The third-order valence-electron chi connectivity index (χ3n) is 2.41. The smallest absolute Gasteiger partial charge is 0.265 e. The number of pyridine rings is 1. The maximum absolute atomic E-state index is 12.1. The van der Waals surface area contributed by atoms with Crippen molar-refractivity contribution in [3.05, 3.63) is 45.9 Å². The minimum Gasteiger partial charge on any atom is -0.321 e. The minimum atomic E-state index is -0.139. The minimum absolute atomic E-state index is 0.139. The number of carbonyl (C=O) groups is 1. The average molecular weight is 271 g/mol. The monoisotopic (exact) mass is 271 g/mol. The van der Waals surface area contributed by atoms with Crippen LogP contribution in [-0.4, -0.2) is 17.4 Å². The van der Waals surface area contributed by atoms with Crippen molar-refractivity contribution in [2.24, 2.45) is 5.73 Å². The fraction of sp³-hybridized carbons (Fsp3) is 0.143. The van der Waals surface area contributed by atoms with Gasteiger partial charge < -0.3 is 11.1 Å². The second-order valence-corrected chi connectivity index (χ2v) is 4.90. The SMILES string of the molecule is Cc1cnccc1NC(=O)c1ccc(C#CCN)s1. The molecule has 2 heterocycles. The van der Waals surface area contributed by atoms with Crippen molar-refractivity contribution in [1.29, 1.82) is 0 Å². The fourth-order valence-corrected chi connectivity index (χ4v) is 2.24. The maximum Gasteiger partial charge on any atom is 0.265 e. The Kier molecular flexibility index (Phi) is 4.29. The van der Waals surface area contributed by atoms with Crippen LogP contribution in [0.25, 0.3) is 0 Å². The van der Waals surface area contributed by atoms with Crippen molar-refractivity contribution in [2.45, 2.75) is 6.92 Å². The molecule has 0 aliphatic carbocycles. The van der Waals surface area contributed by atoms with E-state index < -0.39 is 0 Å². The maximum atomic E-state index is 12.1. The van der Waals surface area contributed by atoms with Crippen LogP contribution in [-0.2, 0) is 0 Å². The van der Waals surface area contributed by atoms with E-state index in [9.17, 15) is 4.79 Å². The highest BCUT2D eigenvalue weighted by Crippen LogP contribution is 2.18. The van der Waals surface area contributed by atoms with E-state index in [1.54, 1.807) is 24.5 Å². The molecular weight excluding hydrogens is 258 g/mol. The second kappa shape index (κ2) is 6.14. The van der Waals surface area contributed by atoms with E-state index in [1.807, 2.05) is 13.0 Å². The van der Waals surface area contributed by atoms with Crippen molar-refractivity contribution in [2.75, 3.05) is 11.9 Å². The summed E-state index contributed by atoms with van der Waals surface area (Å²) in [4.78, 5) is 17.5. The number of anilines is 1. The Hall–Kier alpha value is -2.16. The van der Waals surface area contributed by atoms with Crippen LogP contribution in [0, 0.1) is 18.8 Å². The Balaban J connectivity index is 2.12. The number of aromatic nitrogens is 1. The number of thiophene rings is 1. The molecule has 0 fully saturated rings. The Morgan fingerprint density at radius 3 is 3.05 bits per heavy atom. The number of amides is 1. The number of carbonyl (C=O) groups excluding carboxylic acids is 1. The van der Waals surface area contributed by atoms with Gasteiger partial charge in [0.2, 0.25) is 0 Å². The molecule has 0 aliphatic heterocycles. The molecule has 5 heteroatoms. The summed E-state index contributed by atoms with van der Waals surface area (Å²) in [5.41, 5.74) is 7.00. The molecule has 4 nitrogen and oxygen atoms in total. The van der Waals surface area contributed by atoms with Crippen molar-refractivity contribution < 1.29 is 4.79 Å². The van der Waals surface area contributed by atoms with Crippen LogP contribution in [0.2, 0.25) is 0 Å². The number of rotatable bonds is 2. The van der Waals surface area contributed by atoms with Gasteiger partial charge in [-0.1, -0.05) is 11.8 Å². The predicted molar refractivity (Wildman–Crippen MR) is 77.2 cm³/mol. The van der Waals surface area contributed by atoms with Crippen molar-refractivity contribution in [3.63, 3.8) is 0 Å². The molecule has 2 rings (SSSR count). The quantitative estimate of drug-likeness (QED) is 0.821. The van der Waals surface area contributed by atoms with E-state index >= 15 is 0 Å². The standard InChI is InChI=1S/C14H13N3OS/c1-10-9-16-8-6-12(10)17-14(18)13-5-4-11(19-13)3-2-7-15/h4-6,8-9H,7,15H2,1H3,(H,16,17,18). The summed E-state index contributed by atoms with van der Waals surface area (Å²) in [5.74, 6) is 5.53. The average Bonchev–Trinajstić information content (AvgIpc) is 2.88. The van der Waals surface area contributed by atoms with Crippen LogP contribution >= 0.6 is 11.3 Å². The predicted octanol–water partition coefficient (Wildman–Crippen LogP) is 2.01. The van der Waals surface area contributed by atoms with Gasteiger partial charge in [0.05, 0.1) is 16.3 Å². The Morgan fingerprint density at radius 1 is 1.47 bits per heavy atom. The van der Waals surface area contributed by atoms with Crippen LogP contribution < -0.4 is 11.1 Å². The van der Waals surface area contributed by atoms with E-state index in [1.165, 1.54) is 11.3 Å². The second-order valence-electron chi connectivity index (χ2n) is 3.81. The zero-order valence-corrected chi connectivity index (χ0v) is 11.3. The van der Waals surface area contributed by atoms with Crippen LogP contribution in [0.4, 0.5) is 5.69 Å².